The van der Waals surface area contributed by atoms with Crippen LogP contribution in [0.1, 0.15) is 30.4 Å². The number of aryl methyl sites for hydroxylation is 2. The predicted octanol–water partition coefficient (Wildman–Crippen LogP) is 2.47. The molecule has 3 rings (SSSR count). The Morgan fingerprint density at radius 1 is 1.26 bits per heavy atom. The number of rotatable bonds is 5. The van der Waals surface area contributed by atoms with E-state index in [-0.39, 0.29) is 5.38 Å². The maximum atomic E-state index is 12.2. The van der Waals surface area contributed by atoms with Crippen molar-refractivity contribution in [3.8, 4) is 0 Å². The number of nitrogens with one attached hydrogen (secondary N) is 1. The molecule has 0 radical (unpaired) electrons. The Morgan fingerprint density at radius 3 is 2.74 bits per heavy atom. The second-order valence-corrected chi connectivity index (χ2v) is 7.82. The first kappa shape index (κ1) is 13.4. The maximum Gasteiger partial charge on any atom is 0.240 e. The number of sulfonamides is 1. The third-order valence-electron chi connectivity index (χ3n) is 3.98. The molecule has 1 aromatic carbocycles. The monoisotopic (exact) mass is 299 g/mol. The summed E-state index contributed by atoms with van der Waals surface area (Å²) in [4.78, 5) is 0.368. The SMILES string of the molecule is O=S(=O)(NCC(Cl)C1CC1)c1ccc2c(c1)CCC2. The van der Waals surface area contributed by atoms with Gasteiger partial charge in [-0.15, -0.1) is 11.6 Å². The highest BCUT2D eigenvalue weighted by Crippen LogP contribution is 2.35. The fraction of sp³-hybridized carbons (Fsp3) is 0.571. The Balaban J connectivity index is 1.72. The van der Waals surface area contributed by atoms with Crippen molar-refractivity contribution >= 4 is 21.6 Å². The van der Waals surface area contributed by atoms with Crippen molar-refractivity contribution in [3.63, 3.8) is 0 Å². The summed E-state index contributed by atoms with van der Waals surface area (Å²) in [6.45, 7) is 0.325. The minimum atomic E-state index is -3.42. The molecule has 0 heterocycles. The van der Waals surface area contributed by atoms with Gasteiger partial charge in [0.05, 0.1) is 4.90 Å². The van der Waals surface area contributed by atoms with E-state index in [2.05, 4.69) is 4.72 Å². The Morgan fingerprint density at radius 2 is 2.00 bits per heavy atom. The van der Waals surface area contributed by atoms with Gasteiger partial charge in [-0.05, 0) is 61.3 Å². The molecule has 19 heavy (non-hydrogen) atoms. The number of halogens is 1. The van der Waals surface area contributed by atoms with Gasteiger partial charge in [0.25, 0.3) is 0 Å². The number of hydrogen-bond acceptors (Lipinski definition) is 2. The molecular formula is C14H18ClNO2S. The summed E-state index contributed by atoms with van der Waals surface area (Å²) < 4.78 is 27.0. The van der Waals surface area contributed by atoms with Crippen molar-refractivity contribution in [2.45, 2.75) is 42.4 Å². The fourth-order valence-corrected chi connectivity index (χ4v) is 4.14. The number of benzene rings is 1. The molecule has 0 spiro atoms. The molecule has 0 amide bonds. The molecular weight excluding hydrogens is 282 g/mol. The number of fused-ring (bicyclic) bond motifs is 1. The van der Waals surface area contributed by atoms with Crippen molar-refractivity contribution in [1.82, 2.24) is 4.72 Å². The lowest BCUT2D eigenvalue weighted by Gasteiger charge is -2.11. The minimum Gasteiger partial charge on any atom is -0.210 e. The predicted molar refractivity (Wildman–Crippen MR) is 76.0 cm³/mol. The van der Waals surface area contributed by atoms with E-state index >= 15 is 0 Å². The van der Waals surface area contributed by atoms with Crippen LogP contribution >= 0.6 is 11.6 Å². The lowest BCUT2D eigenvalue weighted by molar-refractivity contribution is 0.576. The lowest BCUT2D eigenvalue weighted by atomic mass is 10.1. The summed E-state index contributed by atoms with van der Waals surface area (Å²) >= 11 is 6.14. The summed E-state index contributed by atoms with van der Waals surface area (Å²) in [5.41, 5.74) is 2.46. The highest BCUT2D eigenvalue weighted by atomic mass is 35.5. The van der Waals surface area contributed by atoms with E-state index in [0.29, 0.717) is 17.4 Å². The molecule has 1 atom stereocenters. The standard InChI is InChI=1S/C14H18ClNO2S/c15-14(11-4-5-11)9-16-19(17,18)13-7-6-10-2-1-3-12(10)8-13/h6-8,11,14,16H,1-5,9H2. The lowest BCUT2D eigenvalue weighted by Crippen LogP contribution is -2.30. The average molecular weight is 300 g/mol. The zero-order valence-corrected chi connectivity index (χ0v) is 12.3. The molecule has 1 unspecified atom stereocenters. The van der Waals surface area contributed by atoms with E-state index in [0.717, 1.165) is 32.1 Å². The molecule has 1 saturated carbocycles. The first-order valence-corrected chi connectivity index (χ1v) is 8.74. The topological polar surface area (TPSA) is 46.2 Å². The molecule has 2 aliphatic carbocycles. The Labute approximate surface area is 119 Å². The van der Waals surface area contributed by atoms with Crippen LogP contribution in [-0.2, 0) is 22.9 Å². The summed E-state index contributed by atoms with van der Waals surface area (Å²) in [5.74, 6) is 0.490. The van der Waals surface area contributed by atoms with Crippen LogP contribution in [0.3, 0.4) is 0 Å². The highest BCUT2D eigenvalue weighted by Gasteiger charge is 2.30. The van der Waals surface area contributed by atoms with E-state index in [1.54, 1.807) is 6.07 Å². The van der Waals surface area contributed by atoms with Gasteiger partial charge in [0.15, 0.2) is 0 Å². The fourth-order valence-electron chi connectivity index (χ4n) is 2.61. The molecule has 0 bridgehead atoms. The third kappa shape index (κ3) is 2.96. The Hall–Kier alpha value is -0.580. The Bertz CT molecular complexity index is 581. The van der Waals surface area contributed by atoms with Gasteiger partial charge < -0.3 is 0 Å². The van der Waals surface area contributed by atoms with Crippen molar-refractivity contribution in [2.75, 3.05) is 6.54 Å². The Kier molecular flexibility index (Phi) is 3.58. The van der Waals surface area contributed by atoms with E-state index in [1.807, 2.05) is 12.1 Å². The first-order valence-electron chi connectivity index (χ1n) is 6.82. The molecule has 0 aromatic heterocycles. The summed E-state index contributed by atoms with van der Waals surface area (Å²) in [6, 6.07) is 5.45. The largest absolute Gasteiger partial charge is 0.240 e. The van der Waals surface area contributed by atoms with Gasteiger partial charge in [-0.3, -0.25) is 0 Å². The van der Waals surface area contributed by atoms with E-state index in [1.165, 1.54) is 11.1 Å². The molecule has 1 N–H and O–H groups in total. The van der Waals surface area contributed by atoms with Crippen LogP contribution in [0.4, 0.5) is 0 Å². The van der Waals surface area contributed by atoms with Gasteiger partial charge in [-0.25, -0.2) is 13.1 Å². The van der Waals surface area contributed by atoms with Crippen LogP contribution in [0.25, 0.3) is 0 Å². The number of hydrogen-bond donors (Lipinski definition) is 1. The molecule has 2 aliphatic rings. The van der Waals surface area contributed by atoms with Gasteiger partial charge >= 0.3 is 0 Å². The number of alkyl halides is 1. The van der Waals surface area contributed by atoms with Crippen LogP contribution in [0.5, 0.6) is 0 Å². The smallest absolute Gasteiger partial charge is 0.210 e. The van der Waals surface area contributed by atoms with Crippen molar-refractivity contribution < 1.29 is 8.42 Å². The van der Waals surface area contributed by atoms with Crippen molar-refractivity contribution in [3.05, 3.63) is 29.3 Å². The molecule has 3 nitrogen and oxygen atoms in total. The van der Waals surface area contributed by atoms with E-state index in [4.69, 9.17) is 11.6 Å². The van der Waals surface area contributed by atoms with Gasteiger partial charge in [-0.2, -0.15) is 0 Å². The average Bonchev–Trinajstić information content (AvgIpc) is 3.13. The summed E-state index contributed by atoms with van der Waals surface area (Å²) in [7, 11) is -3.42. The van der Waals surface area contributed by atoms with Crippen LogP contribution in [0, 0.1) is 5.92 Å². The molecule has 0 aliphatic heterocycles. The minimum absolute atomic E-state index is 0.0794. The molecule has 5 heteroatoms. The summed E-state index contributed by atoms with van der Waals surface area (Å²) in [6.07, 6.45) is 5.41. The molecule has 104 valence electrons. The zero-order chi connectivity index (χ0) is 13.5. The van der Waals surface area contributed by atoms with Crippen molar-refractivity contribution in [1.29, 1.82) is 0 Å². The van der Waals surface area contributed by atoms with Gasteiger partial charge in [0.1, 0.15) is 0 Å². The molecule has 1 fully saturated rings. The normalized spacial score (nSPS) is 20.3. The van der Waals surface area contributed by atoms with Crippen LogP contribution < -0.4 is 4.72 Å². The van der Waals surface area contributed by atoms with Crippen LogP contribution in [-0.4, -0.2) is 20.3 Å². The maximum absolute atomic E-state index is 12.2. The van der Waals surface area contributed by atoms with Gasteiger partial charge in [0, 0.05) is 11.9 Å². The van der Waals surface area contributed by atoms with Gasteiger partial charge in [-0.1, -0.05) is 6.07 Å². The highest BCUT2D eigenvalue weighted by molar-refractivity contribution is 7.89. The van der Waals surface area contributed by atoms with E-state index in [9.17, 15) is 8.42 Å². The third-order valence-corrected chi connectivity index (χ3v) is 5.91. The molecule has 0 saturated heterocycles. The molecule has 1 aromatic rings. The zero-order valence-electron chi connectivity index (χ0n) is 10.7. The summed E-state index contributed by atoms with van der Waals surface area (Å²) in [5, 5.41) is -0.0794. The van der Waals surface area contributed by atoms with E-state index < -0.39 is 10.0 Å². The van der Waals surface area contributed by atoms with Gasteiger partial charge in [0.2, 0.25) is 10.0 Å². The van der Waals surface area contributed by atoms with Crippen LogP contribution in [0.2, 0.25) is 0 Å². The second-order valence-electron chi connectivity index (χ2n) is 5.49. The second kappa shape index (κ2) is 5.08. The van der Waals surface area contributed by atoms with Crippen molar-refractivity contribution in [2.24, 2.45) is 5.92 Å². The quantitative estimate of drug-likeness (QED) is 0.849. The first-order chi connectivity index (χ1) is 9.06. The van der Waals surface area contributed by atoms with Crippen LogP contribution in [0.15, 0.2) is 23.1 Å².